The van der Waals surface area contributed by atoms with Gasteiger partial charge in [0.1, 0.15) is 5.75 Å². The average Bonchev–Trinajstić information content (AvgIpc) is 2.63. The Bertz CT molecular complexity index is 676. The first kappa shape index (κ1) is 18.7. The first-order valence-electron chi connectivity index (χ1n) is 9.61. The van der Waals surface area contributed by atoms with E-state index >= 15 is 0 Å². The van der Waals surface area contributed by atoms with Crippen molar-refractivity contribution in [2.45, 2.75) is 46.0 Å². The molecule has 1 atom stereocenters. The first-order valence-corrected chi connectivity index (χ1v) is 9.61. The maximum Gasteiger partial charge on any atom is 0.276 e. The number of aromatic hydroxyl groups is 1. The van der Waals surface area contributed by atoms with Crippen LogP contribution in [0.5, 0.6) is 5.75 Å². The Morgan fingerprint density at radius 2 is 2.15 bits per heavy atom. The number of rotatable bonds is 4. The van der Waals surface area contributed by atoms with Gasteiger partial charge in [0.25, 0.3) is 5.91 Å². The van der Waals surface area contributed by atoms with Gasteiger partial charge in [0, 0.05) is 44.2 Å². The number of hydrogen-bond donors (Lipinski definition) is 1. The quantitative estimate of drug-likeness (QED) is 0.897. The summed E-state index contributed by atoms with van der Waals surface area (Å²) >= 11 is 0. The van der Waals surface area contributed by atoms with Crippen LogP contribution in [0.1, 0.15) is 56.4 Å². The number of hydrogen-bond acceptors (Lipinski definition) is 4. The molecule has 0 aliphatic carbocycles. The minimum atomic E-state index is -0.215. The minimum absolute atomic E-state index is 0.0246. The van der Waals surface area contributed by atoms with E-state index in [1.807, 2.05) is 9.80 Å². The summed E-state index contributed by atoms with van der Waals surface area (Å²) in [7, 11) is 0. The number of amides is 2. The highest BCUT2D eigenvalue weighted by Crippen LogP contribution is 2.39. The Balaban J connectivity index is 1.71. The normalized spacial score (nSPS) is 23.7. The zero-order valence-electron chi connectivity index (χ0n) is 15.8. The number of nitrogens with zero attached hydrogens (tertiary/aromatic N) is 3. The molecule has 26 heavy (non-hydrogen) atoms. The topological polar surface area (TPSA) is 73.7 Å². The maximum absolute atomic E-state index is 12.8. The van der Waals surface area contributed by atoms with Crippen molar-refractivity contribution in [3.63, 3.8) is 0 Å². The maximum atomic E-state index is 12.8. The van der Waals surface area contributed by atoms with Gasteiger partial charge >= 0.3 is 0 Å². The summed E-state index contributed by atoms with van der Waals surface area (Å²) in [4.78, 5) is 33.0. The van der Waals surface area contributed by atoms with E-state index in [4.69, 9.17) is 0 Å². The lowest BCUT2D eigenvalue weighted by molar-refractivity contribution is -0.139. The van der Waals surface area contributed by atoms with Gasteiger partial charge in [-0.05, 0) is 43.7 Å². The Labute approximate surface area is 155 Å². The lowest BCUT2D eigenvalue weighted by Crippen LogP contribution is -2.55. The number of aromatic nitrogens is 1. The van der Waals surface area contributed by atoms with Crippen LogP contribution in [0.25, 0.3) is 0 Å². The number of carbonyl (C=O) groups excluding carboxylic acids is 2. The van der Waals surface area contributed by atoms with Crippen LogP contribution in [0.2, 0.25) is 0 Å². The van der Waals surface area contributed by atoms with Crippen molar-refractivity contribution >= 4 is 11.8 Å². The van der Waals surface area contributed by atoms with Crippen molar-refractivity contribution in [3.8, 4) is 5.75 Å². The van der Waals surface area contributed by atoms with Crippen LogP contribution < -0.4 is 0 Å². The minimum Gasteiger partial charge on any atom is -0.505 e. The fourth-order valence-corrected chi connectivity index (χ4v) is 4.15. The van der Waals surface area contributed by atoms with E-state index < -0.39 is 0 Å². The fourth-order valence-electron chi connectivity index (χ4n) is 4.15. The smallest absolute Gasteiger partial charge is 0.276 e. The van der Waals surface area contributed by atoms with Crippen LogP contribution in [0.3, 0.4) is 0 Å². The third-order valence-corrected chi connectivity index (χ3v) is 5.66. The summed E-state index contributed by atoms with van der Waals surface area (Å²) in [6.07, 6.45) is 5.89. The summed E-state index contributed by atoms with van der Waals surface area (Å²) < 4.78 is 0. The van der Waals surface area contributed by atoms with Crippen LogP contribution in [0, 0.1) is 11.3 Å². The van der Waals surface area contributed by atoms with Crippen molar-refractivity contribution < 1.29 is 14.7 Å². The molecule has 142 valence electrons. The van der Waals surface area contributed by atoms with Crippen molar-refractivity contribution in [1.29, 1.82) is 0 Å². The zero-order valence-corrected chi connectivity index (χ0v) is 15.8. The van der Waals surface area contributed by atoms with Crippen molar-refractivity contribution in [2.24, 2.45) is 11.3 Å². The van der Waals surface area contributed by atoms with E-state index in [0.29, 0.717) is 25.4 Å². The summed E-state index contributed by atoms with van der Waals surface area (Å²) in [5.41, 5.74) is 0.0940. The Morgan fingerprint density at radius 1 is 1.35 bits per heavy atom. The van der Waals surface area contributed by atoms with Gasteiger partial charge in [-0.2, -0.15) is 0 Å². The Hall–Kier alpha value is -2.11. The molecular formula is C20H29N3O3. The van der Waals surface area contributed by atoms with Gasteiger partial charge in [-0.25, -0.2) is 4.98 Å². The van der Waals surface area contributed by atoms with E-state index in [9.17, 15) is 14.7 Å². The predicted octanol–water partition coefficient (Wildman–Crippen LogP) is 2.68. The molecule has 0 unspecified atom stereocenters. The highest BCUT2D eigenvalue weighted by Gasteiger charge is 2.43. The molecule has 1 aromatic rings. The van der Waals surface area contributed by atoms with Crippen LogP contribution in [0.15, 0.2) is 18.3 Å². The third-order valence-electron chi connectivity index (χ3n) is 5.66. The molecule has 6 nitrogen and oxygen atoms in total. The second-order valence-corrected chi connectivity index (χ2v) is 8.20. The molecule has 1 spiro atoms. The standard InChI is InChI=1S/C20H29N3O3/c1-15(2)7-12-22-13-20(9-6-17(22)25)8-4-11-23(14-20)19(26)18-16(24)5-3-10-21-18/h3,5,10,15,24H,4,6-9,11-14H2,1-2H3/t20-/m0/s1. The molecule has 0 saturated carbocycles. The van der Waals surface area contributed by atoms with E-state index in [1.165, 1.54) is 12.3 Å². The van der Waals surface area contributed by atoms with Crippen LogP contribution in [0.4, 0.5) is 0 Å². The van der Waals surface area contributed by atoms with Gasteiger partial charge in [-0.3, -0.25) is 9.59 Å². The SMILES string of the molecule is CC(C)CCN1C[C@]2(CCCN(C(=O)c3ncccc3O)C2)CCC1=O. The molecule has 2 saturated heterocycles. The summed E-state index contributed by atoms with van der Waals surface area (Å²) in [6.45, 7) is 7.18. The fraction of sp³-hybridized carbons (Fsp3) is 0.650. The van der Waals surface area contributed by atoms with Crippen LogP contribution in [-0.2, 0) is 4.79 Å². The molecule has 2 aliphatic heterocycles. The number of carbonyl (C=O) groups is 2. The van der Waals surface area contributed by atoms with Gasteiger partial charge in [-0.15, -0.1) is 0 Å². The van der Waals surface area contributed by atoms with E-state index in [2.05, 4.69) is 18.8 Å². The molecule has 0 bridgehead atoms. The van der Waals surface area contributed by atoms with Gasteiger partial charge in [-0.1, -0.05) is 13.8 Å². The largest absolute Gasteiger partial charge is 0.505 e. The molecular weight excluding hydrogens is 330 g/mol. The van der Waals surface area contributed by atoms with Crippen molar-refractivity contribution in [2.75, 3.05) is 26.2 Å². The molecule has 2 fully saturated rings. The van der Waals surface area contributed by atoms with E-state index in [0.717, 1.165) is 38.8 Å². The van der Waals surface area contributed by atoms with Crippen LogP contribution >= 0.6 is 0 Å². The molecule has 3 heterocycles. The lowest BCUT2D eigenvalue weighted by Gasteiger charge is -2.48. The zero-order chi connectivity index (χ0) is 18.7. The molecule has 2 amide bonds. The molecule has 1 N–H and O–H groups in total. The van der Waals surface area contributed by atoms with Crippen molar-refractivity contribution in [3.05, 3.63) is 24.0 Å². The Morgan fingerprint density at radius 3 is 2.88 bits per heavy atom. The molecule has 6 heteroatoms. The lowest BCUT2D eigenvalue weighted by atomic mass is 9.73. The molecule has 1 aromatic heterocycles. The van der Waals surface area contributed by atoms with Crippen molar-refractivity contribution in [1.82, 2.24) is 14.8 Å². The number of likely N-dealkylation sites (tertiary alicyclic amines) is 2. The molecule has 2 aliphatic rings. The van der Waals surface area contributed by atoms with E-state index in [-0.39, 0.29) is 28.7 Å². The molecule has 0 radical (unpaired) electrons. The average molecular weight is 359 g/mol. The van der Waals surface area contributed by atoms with Crippen LogP contribution in [-0.4, -0.2) is 57.9 Å². The van der Waals surface area contributed by atoms with E-state index in [1.54, 1.807) is 6.07 Å². The van der Waals surface area contributed by atoms with Gasteiger partial charge in [0.15, 0.2) is 5.69 Å². The third kappa shape index (κ3) is 4.00. The Kier molecular flexibility index (Phi) is 5.49. The highest BCUT2D eigenvalue weighted by atomic mass is 16.3. The van der Waals surface area contributed by atoms with Gasteiger partial charge < -0.3 is 14.9 Å². The summed E-state index contributed by atoms with van der Waals surface area (Å²) in [5.74, 6) is 0.515. The number of piperidine rings is 2. The second-order valence-electron chi connectivity index (χ2n) is 8.20. The van der Waals surface area contributed by atoms with Gasteiger partial charge in [0.2, 0.25) is 5.91 Å². The molecule has 3 rings (SSSR count). The summed E-state index contributed by atoms with van der Waals surface area (Å²) in [6, 6.07) is 3.11. The highest BCUT2D eigenvalue weighted by molar-refractivity contribution is 5.94. The van der Waals surface area contributed by atoms with Gasteiger partial charge in [0.05, 0.1) is 0 Å². The monoisotopic (exact) mass is 359 g/mol. The number of pyridine rings is 1. The predicted molar refractivity (Wildman–Crippen MR) is 98.7 cm³/mol. The molecule has 0 aromatic carbocycles. The second kappa shape index (κ2) is 7.64. The first-order chi connectivity index (χ1) is 12.4. The summed E-state index contributed by atoms with van der Waals surface area (Å²) in [5, 5.41) is 9.95.